The number of amides is 1. The second-order valence-corrected chi connectivity index (χ2v) is 8.19. The van der Waals surface area contributed by atoms with Gasteiger partial charge in [0, 0.05) is 30.9 Å². The van der Waals surface area contributed by atoms with Crippen LogP contribution in [0.2, 0.25) is 0 Å². The number of benzene rings is 1. The first kappa shape index (κ1) is 19.0. The number of anilines is 1. The van der Waals surface area contributed by atoms with Crippen LogP contribution in [0, 0.1) is 6.92 Å². The van der Waals surface area contributed by atoms with Crippen LogP contribution in [0.1, 0.15) is 41.3 Å². The van der Waals surface area contributed by atoms with Gasteiger partial charge in [0.15, 0.2) is 11.5 Å². The van der Waals surface area contributed by atoms with Crippen molar-refractivity contribution in [3.05, 3.63) is 47.5 Å². The molecule has 2 N–H and O–H groups in total. The Morgan fingerprint density at radius 3 is 2.90 bits per heavy atom. The third-order valence-corrected chi connectivity index (χ3v) is 6.34. The number of ether oxygens (including phenoxy) is 1. The lowest BCUT2D eigenvalue weighted by Gasteiger charge is -2.46. The lowest BCUT2D eigenvalue weighted by Crippen LogP contribution is -2.58. The molecule has 2 aromatic heterocycles. The van der Waals surface area contributed by atoms with Crippen molar-refractivity contribution < 1.29 is 9.53 Å². The molecular formula is C22H26N6O2. The third kappa shape index (κ3) is 3.21. The highest BCUT2D eigenvalue weighted by Crippen LogP contribution is 2.32. The fraction of sp³-hybridized carbons (Fsp3) is 0.455. The highest BCUT2D eigenvalue weighted by molar-refractivity contribution is 5.98. The molecule has 8 heteroatoms. The summed E-state index contributed by atoms with van der Waals surface area (Å²) in [6, 6.07) is 6.34. The van der Waals surface area contributed by atoms with Gasteiger partial charge in [-0.1, -0.05) is 18.2 Å². The van der Waals surface area contributed by atoms with Crippen LogP contribution in [-0.4, -0.2) is 62.1 Å². The van der Waals surface area contributed by atoms with E-state index in [1.54, 1.807) is 6.33 Å². The number of aromatic nitrogens is 4. The smallest absolute Gasteiger partial charge is 0.254 e. The topological polar surface area (TPSA) is 96.0 Å². The van der Waals surface area contributed by atoms with Gasteiger partial charge in [-0.25, -0.2) is 15.0 Å². The highest BCUT2D eigenvalue weighted by atomic mass is 16.5. The predicted octanol–water partition coefficient (Wildman–Crippen LogP) is 2.71. The molecule has 2 atom stereocenters. The molecule has 0 bridgehead atoms. The quantitative estimate of drug-likeness (QED) is 0.692. The summed E-state index contributed by atoms with van der Waals surface area (Å²) in [7, 11) is 0. The Kier molecular flexibility index (Phi) is 4.86. The number of aromatic amines is 1. The van der Waals surface area contributed by atoms with Crippen LogP contribution < -0.4 is 5.32 Å². The number of hydrogen-bond acceptors (Lipinski definition) is 6. The number of rotatable bonds is 4. The zero-order valence-corrected chi connectivity index (χ0v) is 17.3. The Labute approximate surface area is 175 Å². The van der Waals surface area contributed by atoms with Crippen molar-refractivity contribution in [1.29, 1.82) is 0 Å². The predicted molar refractivity (Wildman–Crippen MR) is 113 cm³/mol. The molecule has 156 valence electrons. The summed E-state index contributed by atoms with van der Waals surface area (Å²) in [6.07, 6.45) is 5.68. The standard InChI is InChI=1S/C22H26N6O2/c1-13-4-3-5-15-10-17(28(22(29)18(13)15)16-6-8-30-9-7-16)14(2)27-21-19-20(24-11-23-19)25-12-26-21/h3-5,11-12,14,16-17H,6-10H2,1-2H3,(H2,23,24,25,26,27). The average Bonchev–Trinajstić information content (AvgIpc) is 3.24. The lowest BCUT2D eigenvalue weighted by atomic mass is 9.85. The summed E-state index contributed by atoms with van der Waals surface area (Å²) < 4.78 is 5.57. The number of nitrogens with one attached hydrogen (secondary N) is 2. The summed E-state index contributed by atoms with van der Waals surface area (Å²) in [4.78, 5) is 31.7. The summed E-state index contributed by atoms with van der Waals surface area (Å²) in [5.41, 5.74) is 4.44. The summed E-state index contributed by atoms with van der Waals surface area (Å²) in [5.74, 6) is 0.841. The normalized spacial score (nSPS) is 20.9. The minimum Gasteiger partial charge on any atom is -0.381 e. The minimum absolute atomic E-state index is 0.00754. The van der Waals surface area contributed by atoms with Crippen molar-refractivity contribution >= 4 is 22.9 Å². The molecule has 30 heavy (non-hydrogen) atoms. The molecule has 1 amide bonds. The summed E-state index contributed by atoms with van der Waals surface area (Å²) >= 11 is 0. The van der Waals surface area contributed by atoms with Gasteiger partial charge in [0.1, 0.15) is 11.8 Å². The molecule has 0 aliphatic carbocycles. The second-order valence-electron chi connectivity index (χ2n) is 8.19. The maximum atomic E-state index is 13.7. The van der Waals surface area contributed by atoms with Gasteiger partial charge >= 0.3 is 0 Å². The van der Waals surface area contributed by atoms with Crippen molar-refractivity contribution in [3.8, 4) is 0 Å². The van der Waals surface area contributed by atoms with Gasteiger partial charge in [-0.15, -0.1) is 0 Å². The number of imidazole rings is 1. The number of H-pyrrole nitrogens is 1. The third-order valence-electron chi connectivity index (χ3n) is 6.34. The van der Waals surface area contributed by atoms with Gasteiger partial charge in [0.25, 0.3) is 5.91 Å². The first-order valence-corrected chi connectivity index (χ1v) is 10.5. The lowest BCUT2D eigenvalue weighted by molar-refractivity contribution is 0.0116. The monoisotopic (exact) mass is 406 g/mol. The average molecular weight is 406 g/mol. The van der Waals surface area contributed by atoms with E-state index in [-0.39, 0.29) is 24.0 Å². The van der Waals surface area contributed by atoms with Crippen LogP contribution in [0.3, 0.4) is 0 Å². The maximum absolute atomic E-state index is 13.7. The van der Waals surface area contributed by atoms with Crippen molar-refractivity contribution in [1.82, 2.24) is 24.8 Å². The zero-order chi connectivity index (χ0) is 20.7. The van der Waals surface area contributed by atoms with Crippen LogP contribution in [0.15, 0.2) is 30.9 Å². The molecule has 0 saturated carbocycles. The van der Waals surface area contributed by atoms with Crippen LogP contribution >= 0.6 is 0 Å². The van der Waals surface area contributed by atoms with E-state index in [4.69, 9.17) is 4.74 Å². The minimum atomic E-state index is -0.00754. The van der Waals surface area contributed by atoms with Crippen molar-refractivity contribution in [3.63, 3.8) is 0 Å². The number of hydrogen-bond donors (Lipinski definition) is 2. The van der Waals surface area contributed by atoms with E-state index < -0.39 is 0 Å². The molecule has 1 fully saturated rings. The Hall–Kier alpha value is -3.00. The van der Waals surface area contributed by atoms with E-state index in [2.05, 4.69) is 43.1 Å². The van der Waals surface area contributed by atoms with E-state index in [0.717, 1.165) is 41.5 Å². The van der Waals surface area contributed by atoms with Gasteiger partial charge in [-0.05, 0) is 44.2 Å². The Morgan fingerprint density at radius 2 is 2.07 bits per heavy atom. The molecule has 5 rings (SSSR count). The Morgan fingerprint density at radius 1 is 1.23 bits per heavy atom. The van der Waals surface area contributed by atoms with Crippen LogP contribution in [0.4, 0.5) is 5.82 Å². The summed E-state index contributed by atoms with van der Waals surface area (Å²) in [6.45, 7) is 5.54. The fourth-order valence-corrected chi connectivity index (χ4v) is 4.81. The van der Waals surface area contributed by atoms with E-state index in [0.29, 0.717) is 24.7 Å². The molecule has 1 saturated heterocycles. The van der Waals surface area contributed by atoms with E-state index in [1.807, 2.05) is 19.1 Å². The van der Waals surface area contributed by atoms with Gasteiger partial charge in [0.05, 0.1) is 12.4 Å². The van der Waals surface area contributed by atoms with E-state index in [9.17, 15) is 4.79 Å². The Balaban J connectivity index is 1.50. The number of carbonyl (C=O) groups excluding carboxylic acids is 1. The molecule has 1 aromatic carbocycles. The molecule has 2 unspecified atom stereocenters. The SMILES string of the molecule is Cc1cccc2c1C(=O)N(C1CCOCC1)C(C(C)Nc1ncnc3nc[nH]c13)C2. The van der Waals surface area contributed by atoms with Gasteiger partial charge in [-0.2, -0.15) is 0 Å². The van der Waals surface area contributed by atoms with Crippen molar-refractivity contribution in [2.45, 2.75) is 51.2 Å². The molecule has 0 spiro atoms. The second kappa shape index (κ2) is 7.68. The maximum Gasteiger partial charge on any atom is 0.254 e. The van der Waals surface area contributed by atoms with Gasteiger partial charge < -0.3 is 19.9 Å². The number of nitrogens with zero attached hydrogens (tertiary/aromatic N) is 4. The van der Waals surface area contributed by atoms with Gasteiger partial charge in [0.2, 0.25) is 0 Å². The van der Waals surface area contributed by atoms with Crippen LogP contribution in [0.5, 0.6) is 0 Å². The number of fused-ring (bicyclic) bond motifs is 2. The first-order chi connectivity index (χ1) is 14.6. The fourth-order valence-electron chi connectivity index (χ4n) is 4.81. The number of aryl methyl sites for hydroxylation is 1. The molecule has 2 aliphatic heterocycles. The first-order valence-electron chi connectivity index (χ1n) is 10.5. The molecule has 2 aliphatic rings. The van der Waals surface area contributed by atoms with Crippen LogP contribution in [-0.2, 0) is 11.2 Å². The van der Waals surface area contributed by atoms with Crippen molar-refractivity contribution in [2.75, 3.05) is 18.5 Å². The molecule has 8 nitrogen and oxygen atoms in total. The molecule has 3 aromatic rings. The molecule has 0 radical (unpaired) electrons. The molecule has 4 heterocycles. The molecular weight excluding hydrogens is 380 g/mol. The number of carbonyl (C=O) groups is 1. The van der Waals surface area contributed by atoms with Crippen molar-refractivity contribution in [2.24, 2.45) is 0 Å². The van der Waals surface area contributed by atoms with Crippen LogP contribution in [0.25, 0.3) is 11.2 Å². The van der Waals surface area contributed by atoms with E-state index >= 15 is 0 Å². The Bertz CT molecular complexity index is 1070. The van der Waals surface area contributed by atoms with E-state index in [1.165, 1.54) is 6.33 Å². The zero-order valence-electron chi connectivity index (χ0n) is 17.3. The largest absolute Gasteiger partial charge is 0.381 e. The highest BCUT2D eigenvalue weighted by Gasteiger charge is 2.40. The van der Waals surface area contributed by atoms with Gasteiger partial charge in [-0.3, -0.25) is 4.79 Å². The summed E-state index contributed by atoms with van der Waals surface area (Å²) in [5, 5.41) is 3.53.